The normalized spacial score (nSPS) is 15.4. The zero-order valence-electron chi connectivity index (χ0n) is 71.6. The molecule has 0 bridgehead atoms. The van der Waals surface area contributed by atoms with Crippen LogP contribution >= 0.6 is 0 Å². The molecule has 0 spiro atoms. The molecule has 0 N–H and O–H groups in total. The van der Waals surface area contributed by atoms with Crippen LogP contribution < -0.4 is 0 Å². The van der Waals surface area contributed by atoms with E-state index in [-0.39, 0.29) is 0 Å². The maximum absolute atomic E-state index is 3.78. The second kappa shape index (κ2) is 108. The van der Waals surface area contributed by atoms with E-state index >= 15 is 0 Å². The van der Waals surface area contributed by atoms with Crippen LogP contribution in [-0.2, 0) is 0 Å². The van der Waals surface area contributed by atoms with Crippen LogP contribution in [0, 0.1) is 41.4 Å². The lowest BCUT2D eigenvalue weighted by Crippen LogP contribution is -1.99. The summed E-state index contributed by atoms with van der Waals surface area (Å²) in [6.45, 7) is 44.5. The van der Waals surface area contributed by atoms with E-state index in [2.05, 4.69) is 145 Å². The molecule has 0 aromatic carbocycles. The molecule has 0 radical (unpaired) electrons. The summed E-state index contributed by atoms with van der Waals surface area (Å²) >= 11 is 0. The Morgan fingerprint density at radius 2 is 0.352 bits per heavy atom. The van der Waals surface area contributed by atoms with Gasteiger partial charge in [0.1, 0.15) is 25.3 Å². The minimum atomic E-state index is 1.04. The van der Waals surface area contributed by atoms with Gasteiger partial charge in [0.05, 0.1) is 12.4 Å². The molecule has 7 aromatic rings. The van der Waals surface area contributed by atoms with E-state index in [1.165, 1.54) is 269 Å². The minimum absolute atomic E-state index is 1.04. The summed E-state index contributed by atoms with van der Waals surface area (Å²) in [5.74, 6) is 7.25. The van der Waals surface area contributed by atoms with Gasteiger partial charge in [0.2, 0.25) is 0 Å². The number of aromatic nitrogens is 19. The Hall–Kier alpha value is -6.79. The topological polar surface area (TPSA) is 245 Å². The SMILES string of the molecule is CC.CC.CC.CC.CC.CC.CC.CC1CCCCC1.CC1CCCCC1.CC1CCCCC1.CC1CCCCC1.CC1CCCCC1.CC1CCCCC1.CC1CCCCC1.c1ccncc1.c1ccnnc1.c1cnccn1.c1cncnc1.c1cnnnn1.c1ncncn1.c1nnnnn1. The lowest BCUT2D eigenvalue weighted by Gasteiger charge is -2.15. The van der Waals surface area contributed by atoms with Crippen LogP contribution in [0.2, 0.25) is 0 Å². The van der Waals surface area contributed by atoms with Crippen LogP contribution in [0.15, 0.2) is 142 Å². The summed E-state index contributed by atoms with van der Waals surface area (Å²) in [5, 5.41) is 35.9. The summed E-state index contributed by atoms with van der Waals surface area (Å²) in [6, 6.07) is 11.1. The number of nitrogens with zero attached hydrogens (tertiary/aromatic N) is 19. The molecule has 7 fully saturated rings. The van der Waals surface area contributed by atoms with Crippen LogP contribution in [0.4, 0.5) is 0 Å². The summed E-state index contributed by atoms with van der Waals surface area (Å²) in [7, 11) is 0. The highest BCUT2D eigenvalue weighted by Crippen LogP contribution is 2.26. The molecule has 0 amide bonds. The third kappa shape index (κ3) is 106. The Bertz CT molecular complexity index is 1640. The van der Waals surface area contributed by atoms with Gasteiger partial charge in [-0.1, -0.05) is 376 Å². The van der Waals surface area contributed by atoms with Gasteiger partial charge in [0.15, 0.2) is 6.33 Å². The molecule has 0 saturated heterocycles. The molecular weight excluding hydrogens is 1300 g/mol. The molecule has 7 aliphatic carbocycles. The second-order valence-corrected chi connectivity index (χ2v) is 25.1. The molecule has 7 heterocycles. The molecule has 19 nitrogen and oxygen atoms in total. The monoisotopic (exact) mass is 1460 g/mol. The molecule has 105 heavy (non-hydrogen) atoms. The Morgan fingerprint density at radius 1 is 0.152 bits per heavy atom. The molecule has 14 rings (SSSR count). The van der Waals surface area contributed by atoms with Crippen molar-refractivity contribution in [3.8, 4) is 0 Å². The first-order valence-corrected chi connectivity index (χ1v) is 42.0. The predicted molar refractivity (Wildman–Crippen MR) is 448 cm³/mol. The Morgan fingerprint density at radius 3 is 0.438 bits per heavy atom. The second-order valence-electron chi connectivity index (χ2n) is 25.1. The van der Waals surface area contributed by atoms with Crippen LogP contribution in [0.5, 0.6) is 0 Å². The van der Waals surface area contributed by atoms with Crippen molar-refractivity contribution in [3.05, 3.63) is 142 Å². The Kier molecular flexibility index (Phi) is 115. The van der Waals surface area contributed by atoms with E-state index in [1.807, 2.05) is 127 Å². The van der Waals surface area contributed by atoms with Gasteiger partial charge in [-0.05, 0) is 97.8 Å². The van der Waals surface area contributed by atoms with Crippen LogP contribution in [0.3, 0.4) is 0 Å². The van der Waals surface area contributed by atoms with Crippen LogP contribution in [0.25, 0.3) is 0 Å². The lowest BCUT2D eigenvalue weighted by molar-refractivity contribution is 0.385. The molecule has 19 heteroatoms. The van der Waals surface area contributed by atoms with Gasteiger partial charge in [-0.25, -0.2) is 24.9 Å². The van der Waals surface area contributed by atoms with E-state index in [0.717, 1.165) is 41.4 Å². The van der Waals surface area contributed by atoms with Crippen molar-refractivity contribution in [3.63, 3.8) is 0 Å². The van der Waals surface area contributed by atoms with Crippen molar-refractivity contribution in [2.75, 3.05) is 0 Å². The zero-order valence-corrected chi connectivity index (χ0v) is 71.6. The molecule has 0 unspecified atom stereocenters. The largest absolute Gasteiger partial charge is 0.265 e. The van der Waals surface area contributed by atoms with Crippen molar-refractivity contribution in [2.45, 2.75) is 370 Å². The van der Waals surface area contributed by atoms with Gasteiger partial charge in [-0.15, -0.1) is 20.4 Å². The first-order chi connectivity index (χ1) is 51.8. The summed E-state index contributed by atoms with van der Waals surface area (Å²) in [4.78, 5) is 29.3. The molecule has 7 aromatic heterocycles. The maximum Gasteiger partial charge on any atom is 0.164 e. The van der Waals surface area contributed by atoms with E-state index in [9.17, 15) is 0 Å². The van der Waals surface area contributed by atoms with Gasteiger partial charge < -0.3 is 0 Å². The quantitative estimate of drug-likeness (QED) is 0.137. The Balaban J connectivity index is -0.000000194. The van der Waals surface area contributed by atoms with E-state index in [0.29, 0.717) is 0 Å². The zero-order chi connectivity index (χ0) is 79.5. The number of hydrogen-bond acceptors (Lipinski definition) is 19. The molecule has 602 valence electrons. The fourth-order valence-corrected chi connectivity index (χ4v) is 10.7. The average Bonchev–Trinajstić information content (AvgIpc) is 3.82. The highest BCUT2D eigenvalue weighted by molar-refractivity contribution is 4.88. The van der Waals surface area contributed by atoms with Crippen LogP contribution in [-0.4, -0.2) is 96.5 Å². The number of hydrogen-bond donors (Lipinski definition) is 0. The van der Waals surface area contributed by atoms with E-state index in [4.69, 9.17) is 0 Å². The van der Waals surface area contributed by atoms with Gasteiger partial charge in [0.25, 0.3) is 0 Å². The molecule has 0 aliphatic heterocycles. The third-order valence-electron chi connectivity index (χ3n) is 16.3. The summed E-state index contributed by atoms with van der Waals surface area (Å²) < 4.78 is 0. The lowest BCUT2D eigenvalue weighted by atomic mass is 9.91. The van der Waals surface area contributed by atoms with Crippen LogP contribution in [0.1, 0.15) is 370 Å². The van der Waals surface area contributed by atoms with Crippen molar-refractivity contribution in [1.29, 1.82) is 0 Å². The fraction of sp³-hybridized carbons (Fsp3) is 0.733. The first kappa shape index (κ1) is 112. The standard InChI is InChI=1S/7C7H14.C5H5N.3C4H4N2.C3H3N3.C2H2N4.7C2H6.CHN5/c7*1-7-5-3-2-4-6-7;1-2-4-6-5-3-1;1-2-6-4-3-5-1;1-2-5-4-6-3-1;1-2-4-6-5-3-1;1-4-2-6-3-5-1;1-2-4-6-5-3-1;7*1-2;1-2-4-6-5-3-1/h7*7H,2-6H2,1H3;1-5H;3*1-4H;1-3H;1-2H;7*1-2H3;1H. The van der Waals surface area contributed by atoms with Gasteiger partial charge in [-0.2, -0.15) is 10.2 Å². The van der Waals surface area contributed by atoms with Gasteiger partial charge in [0, 0.05) is 62.0 Å². The molecule has 7 aliphatic rings. The Labute approximate surface area is 647 Å². The first-order valence-electron chi connectivity index (χ1n) is 42.0. The van der Waals surface area contributed by atoms with Gasteiger partial charge >= 0.3 is 0 Å². The molecule has 7 saturated carbocycles. The highest BCUT2D eigenvalue weighted by atomic mass is 15.5. The fourth-order valence-electron chi connectivity index (χ4n) is 10.7. The summed E-state index contributed by atoms with van der Waals surface area (Å²) in [6.07, 6.45) is 78.7. The highest BCUT2D eigenvalue weighted by Gasteiger charge is 2.10. The van der Waals surface area contributed by atoms with Crippen molar-refractivity contribution >= 4 is 0 Å². The number of rotatable bonds is 0. The van der Waals surface area contributed by atoms with Crippen molar-refractivity contribution in [2.24, 2.45) is 41.4 Å². The van der Waals surface area contributed by atoms with Crippen molar-refractivity contribution in [1.82, 2.24) is 96.5 Å². The predicted octanol–water partition coefficient (Wildman–Crippen LogP) is 25.6. The van der Waals surface area contributed by atoms with E-state index < -0.39 is 0 Å². The number of pyridine rings is 1. The maximum atomic E-state index is 3.78. The summed E-state index contributed by atoms with van der Waals surface area (Å²) in [5.41, 5.74) is 0. The molecule has 0 atom stereocenters. The van der Waals surface area contributed by atoms with E-state index in [1.54, 1.807) is 68.0 Å². The minimum Gasteiger partial charge on any atom is -0.265 e. The third-order valence-corrected chi connectivity index (χ3v) is 16.3. The van der Waals surface area contributed by atoms with Crippen molar-refractivity contribution < 1.29 is 0 Å². The molecular formula is C86H163N19. The van der Waals surface area contributed by atoms with Gasteiger partial charge in [-0.3, -0.25) is 15.0 Å². The smallest absolute Gasteiger partial charge is 0.164 e. The average molecular weight is 1460 g/mol.